The quantitative estimate of drug-likeness (QED) is 0.772. The number of anilines is 1. The van der Waals surface area contributed by atoms with Gasteiger partial charge in [-0.05, 0) is 38.0 Å². The fraction of sp³-hybridized carbons (Fsp3) is 0.364. The van der Waals surface area contributed by atoms with Crippen LogP contribution in [0.1, 0.15) is 30.5 Å². The predicted octanol–water partition coefficient (Wildman–Crippen LogP) is 2.92. The van der Waals surface area contributed by atoms with Crippen molar-refractivity contribution in [2.24, 2.45) is 5.92 Å². The second-order valence-corrected chi connectivity index (χ2v) is 7.93. The first-order valence-electron chi connectivity index (χ1n) is 9.57. The van der Waals surface area contributed by atoms with Gasteiger partial charge in [0.25, 0.3) is 5.91 Å². The Hall–Kier alpha value is -2.50. The third-order valence-corrected chi connectivity index (χ3v) is 6.40. The van der Waals surface area contributed by atoms with Crippen LogP contribution >= 0.6 is 0 Å². The minimum atomic E-state index is -0.820. The molecule has 0 spiro atoms. The molecule has 0 bridgehead atoms. The van der Waals surface area contributed by atoms with Crippen molar-refractivity contribution in [3.63, 3.8) is 0 Å². The number of hydrazine groups is 1. The molecule has 3 fully saturated rings. The standard InChI is InChI=1S/C22H23N3O2/c1-15-9-11-17(12-10-15)25-20(26)18-19(16-7-4-3-5-8-16)23-13-6-14-24(23)22(18,2)21(25)27/h3-5,7-12,18-19H,6,13-14H2,1-2H3/t18-,19-,22+/m0/s1. The second kappa shape index (κ2) is 5.75. The smallest absolute Gasteiger partial charge is 0.256 e. The Morgan fingerprint density at radius 2 is 1.67 bits per heavy atom. The zero-order valence-electron chi connectivity index (χ0n) is 15.6. The van der Waals surface area contributed by atoms with Gasteiger partial charge in [0.1, 0.15) is 5.54 Å². The van der Waals surface area contributed by atoms with Crippen molar-refractivity contribution in [3.05, 3.63) is 65.7 Å². The number of imide groups is 1. The molecule has 3 heterocycles. The molecule has 2 amide bonds. The molecule has 3 atom stereocenters. The maximum absolute atomic E-state index is 13.6. The monoisotopic (exact) mass is 361 g/mol. The van der Waals surface area contributed by atoms with Crippen molar-refractivity contribution in [2.45, 2.75) is 31.8 Å². The number of benzene rings is 2. The van der Waals surface area contributed by atoms with Crippen LogP contribution in [0.5, 0.6) is 0 Å². The van der Waals surface area contributed by atoms with E-state index in [1.165, 1.54) is 4.90 Å². The summed E-state index contributed by atoms with van der Waals surface area (Å²) in [6.07, 6.45) is 1.01. The number of carbonyl (C=O) groups is 2. The summed E-state index contributed by atoms with van der Waals surface area (Å²) in [7, 11) is 0. The van der Waals surface area contributed by atoms with E-state index < -0.39 is 11.5 Å². The van der Waals surface area contributed by atoms with Crippen LogP contribution < -0.4 is 4.90 Å². The third-order valence-electron chi connectivity index (χ3n) is 6.40. The summed E-state index contributed by atoms with van der Waals surface area (Å²) in [6, 6.07) is 17.7. The summed E-state index contributed by atoms with van der Waals surface area (Å²) in [6.45, 7) is 5.65. The highest BCUT2D eigenvalue weighted by molar-refractivity contribution is 6.25. The summed E-state index contributed by atoms with van der Waals surface area (Å²) in [5.74, 6) is -0.588. The summed E-state index contributed by atoms with van der Waals surface area (Å²) in [5.41, 5.74) is 2.06. The van der Waals surface area contributed by atoms with Gasteiger partial charge in [-0.15, -0.1) is 0 Å². The average Bonchev–Trinajstić information content (AvgIpc) is 3.30. The minimum Gasteiger partial charge on any atom is -0.274 e. The number of fused-ring (bicyclic) bond motifs is 3. The maximum atomic E-state index is 13.6. The van der Waals surface area contributed by atoms with Crippen molar-refractivity contribution in [1.82, 2.24) is 10.0 Å². The molecule has 0 N–H and O–H groups in total. The van der Waals surface area contributed by atoms with E-state index in [2.05, 4.69) is 22.2 Å². The zero-order chi connectivity index (χ0) is 18.8. The van der Waals surface area contributed by atoms with Gasteiger partial charge in [0.05, 0.1) is 17.6 Å². The van der Waals surface area contributed by atoms with Crippen LogP contribution in [0.3, 0.4) is 0 Å². The Kier molecular flexibility index (Phi) is 3.55. The molecule has 0 radical (unpaired) electrons. The average molecular weight is 361 g/mol. The van der Waals surface area contributed by atoms with Gasteiger partial charge in [0.2, 0.25) is 5.91 Å². The molecule has 5 nitrogen and oxygen atoms in total. The molecular weight excluding hydrogens is 338 g/mol. The van der Waals surface area contributed by atoms with E-state index in [9.17, 15) is 9.59 Å². The van der Waals surface area contributed by atoms with Crippen LogP contribution in [0.15, 0.2) is 54.6 Å². The third kappa shape index (κ3) is 2.12. The van der Waals surface area contributed by atoms with Gasteiger partial charge >= 0.3 is 0 Å². The number of nitrogens with zero attached hydrogens (tertiary/aromatic N) is 3. The lowest BCUT2D eigenvalue weighted by Crippen LogP contribution is -2.52. The van der Waals surface area contributed by atoms with Gasteiger partial charge in [0, 0.05) is 13.1 Å². The Morgan fingerprint density at radius 3 is 2.37 bits per heavy atom. The van der Waals surface area contributed by atoms with Crippen LogP contribution in [0.25, 0.3) is 0 Å². The molecular formula is C22H23N3O2. The first-order valence-corrected chi connectivity index (χ1v) is 9.57. The number of carbonyl (C=O) groups excluding carboxylic acids is 2. The topological polar surface area (TPSA) is 43.9 Å². The highest BCUT2D eigenvalue weighted by Gasteiger charge is 2.70. The number of rotatable bonds is 2. The van der Waals surface area contributed by atoms with Gasteiger partial charge in [-0.1, -0.05) is 48.0 Å². The van der Waals surface area contributed by atoms with Crippen LogP contribution in [0.2, 0.25) is 0 Å². The highest BCUT2D eigenvalue weighted by atomic mass is 16.2. The van der Waals surface area contributed by atoms with E-state index in [0.717, 1.165) is 30.6 Å². The molecule has 0 aliphatic carbocycles. The Labute approximate surface area is 159 Å². The van der Waals surface area contributed by atoms with Crippen molar-refractivity contribution >= 4 is 17.5 Å². The molecule has 138 valence electrons. The van der Waals surface area contributed by atoms with E-state index >= 15 is 0 Å². The zero-order valence-corrected chi connectivity index (χ0v) is 15.6. The number of hydrogen-bond donors (Lipinski definition) is 0. The van der Waals surface area contributed by atoms with Crippen molar-refractivity contribution in [3.8, 4) is 0 Å². The summed E-state index contributed by atoms with van der Waals surface area (Å²) in [5, 5.41) is 4.41. The lowest BCUT2D eigenvalue weighted by atomic mass is 9.81. The molecule has 3 aliphatic rings. The second-order valence-electron chi connectivity index (χ2n) is 7.93. The molecule has 0 saturated carbocycles. The molecule has 2 aromatic rings. The summed E-state index contributed by atoms with van der Waals surface area (Å²) >= 11 is 0. The SMILES string of the molecule is Cc1ccc(N2C(=O)[C@@H]3[C@H](c4ccccc4)N4CCCN4[C@@]3(C)C2=O)cc1. The van der Waals surface area contributed by atoms with E-state index in [0.29, 0.717) is 5.69 Å². The summed E-state index contributed by atoms with van der Waals surface area (Å²) < 4.78 is 0. The highest BCUT2D eigenvalue weighted by Crippen LogP contribution is 2.54. The van der Waals surface area contributed by atoms with Crippen molar-refractivity contribution in [2.75, 3.05) is 18.0 Å². The van der Waals surface area contributed by atoms with Gasteiger partial charge in [-0.2, -0.15) is 0 Å². The molecule has 2 aromatic carbocycles. The van der Waals surface area contributed by atoms with Crippen molar-refractivity contribution < 1.29 is 9.59 Å². The van der Waals surface area contributed by atoms with Gasteiger partial charge < -0.3 is 0 Å². The first kappa shape index (κ1) is 16.7. The minimum absolute atomic E-state index is 0.0883. The molecule has 0 aromatic heterocycles. The lowest BCUT2D eigenvalue weighted by Gasteiger charge is -2.33. The van der Waals surface area contributed by atoms with E-state index in [1.54, 1.807) is 0 Å². The van der Waals surface area contributed by atoms with E-state index in [1.807, 2.05) is 56.3 Å². The van der Waals surface area contributed by atoms with Crippen LogP contribution in [0.4, 0.5) is 5.69 Å². The lowest BCUT2D eigenvalue weighted by molar-refractivity contribution is -0.131. The fourth-order valence-electron chi connectivity index (χ4n) is 5.10. The molecule has 3 saturated heterocycles. The molecule has 5 rings (SSSR count). The molecule has 3 aliphatic heterocycles. The predicted molar refractivity (Wildman–Crippen MR) is 103 cm³/mol. The number of amides is 2. The van der Waals surface area contributed by atoms with Crippen LogP contribution in [-0.4, -0.2) is 40.5 Å². The largest absolute Gasteiger partial charge is 0.274 e. The Bertz CT molecular complexity index is 911. The molecule has 5 heteroatoms. The van der Waals surface area contributed by atoms with E-state index in [4.69, 9.17) is 0 Å². The Morgan fingerprint density at radius 1 is 0.963 bits per heavy atom. The maximum Gasteiger partial charge on any atom is 0.256 e. The van der Waals surface area contributed by atoms with Gasteiger partial charge in [-0.3, -0.25) is 9.59 Å². The van der Waals surface area contributed by atoms with Gasteiger partial charge in [-0.25, -0.2) is 14.9 Å². The fourth-order valence-corrected chi connectivity index (χ4v) is 5.10. The normalized spacial score (nSPS) is 30.8. The Balaban J connectivity index is 1.63. The van der Waals surface area contributed by atoms with Crippen LogP contribution in [0, 0.1) is 12.8 Å². The van der Waals surface area contributed by atoms with Crippen molar-refractivity contribution in [1.29, 1.82) is 0 Å². The summed E-state index contributed by atoms with van der Waals surface area (Å²) in [4.78, 5) is 28.5. The number of hydrogen-bond acceptors (Lipinski definition) is 4. The van der Waals surface area contributed by atoms with Crippen LogP contribution in [-0.2, 0) is 9.59 Å². The first-order chi connectivity index (χ1) is 13.0. The molecule has 27 heavy (non-hydrogen) atoms. The van der Waals surface area contributed by atoms with Gasteiger partial charge in [0.15, 0.2) is 0 Å². The number of aryl methyl sites for hydroxylation is 1. The van der Waals surface area contributed by atoms with E-state index in [-0.39, 0.29) is 17.9 Å². The molecule has 0 unspecified atom stereocenters.